The summed E-state index contributed by atoms with van der Waals surface area (Å²) in [4.78, 5) is 14.8. The molecule has 0 radical (unpaired) electrons. The Morgan fingerprint density at radius 3 is 2.68 bits per heavy atom. The van der Waals surface area contributed by atoms with E-state index in [2.05, 4.69) is 10.3 Å². The normalized spacial score (nSPS) is 15.9. The zero-order chi connectivity index (χ0) is 19.5. The number of benzene rings is 2. The van der Waals surface area contributed by atoms with Crippen molar-refractivity contribution in [2.45, 2.75) is 32.7 Å². The molecule has 1 atom stereocenters. The first-order valence-corrected chi connectivity index (χ1v) is 9.28. The third kappa shape index (κ3) is 3.66. The van der Waals surface area contributed by atoms with Crippen LogP contribution in [0.15, 0.2) is 54.6 Å². The maximum atomic E-state index is 13.1. The second-order valence-corrected chi connectivity index (χ2v) is 6.72. The Morgan fingerprint density at radius 2 is 1.96 bits per heavy atom. The summed E-state index contributed by atoms with van der Waals surface area (Å²) in [5.41, 5.74) is 2.94. The van der Waals surface area contributed by atoms with Gasteiger partial charge in [0, 0.05) is 13.1 Å². The molecule has 6 nitrogen and oxygen atoms in total. The maximum absolute atomic E-state index is 13.1. The smallest absolute Gasteiger partial charge is 0.276 e. The fourth-order valence-electron chi connectivity index (χ4n) is 3.34. The van der Waals surface area contributed by atoms with E-state index in [1.165, 1.54) is 12.1 Å². The van der Waals surface area contributed by atoms with Gasteiger partial charge < -0.3 is 9.64 Å². The molecular weight excluding hydrogens is 359 g/mol. The van der Waals surface area contributed by atoms with Crippen LogP contribution in [0.2, 0.25) is 0 Å². The Hall–Kier alpha value is -3.06. The third-order valence-electron chi connectivity index (χ3n) is 4.93. The van der Waals surface area contributed by atoms with E-state index in [0.717, 1.165) is 11.1 Å². The zero-order valence-electron chi connectivity index (χ0n) is 15.6. The van der Waals surface area contributed by atoms with Gasteiger partial charge in [0.2, 0.25) is 0 Å². The topological polar surface area (TPSA) is 60.2 Å². The Morgan fingerprint density at radius 1 is 1.21 bits per heavy atom. The van der Waals surface area contributed by atoms with E-state index >= 15 is 0 Å². The van der Waals surface area contributed by atoms with Crippen molar-refractivity contribution in [3.8, 4) is 0 Å². The highest BCUT2D eigenvalue weighted by molar-refractivity contribution is 5.93. The van der Waals surface area contributed by atoms with Gasteiger partial charge in [0.05, 0.1) is 18.8 Å². The van der Waals surface area contributed by atoms with E-state index in [9.17, 15) is 9.18 Å². The lowest BCUT2D eigenvalue weighted by Crippen LogP contribution is -2.32. The van der Waals surface area contributed by atoms with Crippen LogP contribution < -0.4 is 0 Å². The number of nitrogens with zero attached hydrogens (tertiary/aromatic N) is 4. The molecule has 28 heavy (non-hydrogen) atoms. The van der Waals surface area contributed by atoms with Crippen LogP contribution in [0, 0.1) is 5.82 Å². The molecule has 0 saturated carbocycles. The van der Waals surface area contributed by atoms with Crippen molar-refractivity contribution in [3.63, 3.8) is 0 Å². The van der Waals surface area contributed by atoms with E-state index < -0.39 is 0 Å². The van der Waals surface area contributed by atoms with Crippen molar-refractivity contribution in [2.75, 3.05) is 6.54 Å². The van der Waals surface area contributed by atoms with Crippen molar-refractivity contribution in [1.82, 2.24) is 19.9 Å². The van der Waals surface area contributed by atoms with Gasteiger partial charge in [-0.25, -0.2) is 9.07 Å². The minimum absolute atomic E-state index is 0.156. The highest BCUT2D eigenvalue weighted by Gasteiger charge is 2.29. The zero-order valence-corrected chi connectivity index (χ0v) is 15.6. The molecule has 1 aromatic heterocycles. The van der Waals surface area contributed by atoms with E-state index in [1.807, 2.05) is 37.3 Å². The Bertz CT molecular complexity index is 956. The van der Waals surface area contributed by atoms with Gasteiger partial charge in [-0.1, -0.05) is 47.7 Å². The van der Waals surface area contributed by atoms with Crippen LogP contribution in [0.4, 0.5) is 4.39 Å². The molecule has 0 aliphatic carbocycles. The minimum atomic E-state index is -0.285. The van der Waals surface area contributed by atoms with Crippen molar-refractivity contribution >= 4 is 5.91 Å². The summed E-state index contributed by atoms with van der Waals surface area (Å²) in [6.45, 7) is 3.70. The number of aromatic nitrogens is 3. The molecule has 0 saturated heterocycles. The number of carbonyl (C=O) groups excluding carboxylic acids is 1. The molecule has 4 rings (SSSR count). The summed E-state index contributed by atoms with van der Waals surface area (Å²) >= 11 is 0. The van der Waals surface area contributed by atoms with Crippen LogP contribution in [0.1, 0.15) is 40.3 Å². The van der Waals surface area contributed by atoms with Crippen molar-refractivity contribution in [3.05, 3.63) is 82.9 Å². The average molecular weight is 380 g/mol. The van der Waals surface area contributed by atoms with Gasteiger partial charge in [0.25, 0.3) is 5.91 Å². The SMILES string of the molecule is CCN(Cc1ccccc1)C(=O)c1nnn2c1COC(c1ccc(F)cc1)C2. The van der Waals surface area contributed by atoms with Crippen LogP contribution in [0.5, 0.6) is 0 Å². The molecule has 1 unspecified atom stereocenters. The van der Waals surface area contributed by atoms with E-state index in [4.69, 9.17) is 4.74 Å². The standard InChI is InChI=1S/C21H21FN4O2/c1-2-25(12-15-6-4-3-5-7-15)21(27)20-18-14-28-19(13-26(18)24-23-20)16-8-10-17(22)11-9-16/h3-11,19H,2,12-14H2,1H3. The predicted molar refractivity (Wildman–Crippen MR) is 101 cm³/mol. The fourth-order valence-corrected chi connectivity index (χ4v) is 3.34. The summed E-state index contributed by atoms with van der Waals surface area (Å²) in [5.74, 6) is -0.441. The Balaban J connectivity index is 1.51. The summed E-state index contributed by atoms with van der Waals surface area (Å²) < 4.78 is 20.8. The van der Waals surface area contributed by atoms with Gasteiger partial charge in [0.1, 0.15) is 11.9 Å². The lowest BCUT2D eigenvalue weighted by Gasteiger charge is -2.25. The van der Waals surface area contributed by atoms with Crippen LogP contribution in [0.3, 0.4) is 0 Å². The number of rotatable bonds is 5. The number of ether oxygens (including phenoxy) is 1. The van der Waals surface area contributed by atoms with Crippen molar-refractivity contribution < 1.29 is 13.9 Å². The first kappa shape index (κ1) is 18.3. The summed E-state index contributed by atoms with van der Waals surface area (Å²) in [7, 11) is 0. The van der Waals surface area contributed by atoms with Gasteiger partial charge >= 0.3 is 0 Å². The van der Waals surface area contributed by atoms with E-state index in [-0.39, 0.29) is 24.4 Å². The van der Waals surface area contributed by atoms with Gasteiger partial charge in [-0.3, -0.25) is 4.79 Å². The Kier molecular flexibility index (Phi) is 5.16. The highest BCUT2D eigenvalue weighted by Crippen LogP contribution is 2.27. The predicted octanol–water partition coefficient (Wildman–Crippen LogP) is 3.35. The molecule has 3 aromatic rings. The molecule has 0 fully saturated rings. The van der Waals surface area contributed by atoms with Crippen LogP contribution in [0.25, 0.3) is 0 Å². The molecule has 1 amide bonds. The molecule has 144 valence electrons. The van der Waals surface area contributed by atoms with Crippen molar-refractivity contribution in [1.29, 1.82) is 0 Å². The van der Waals surface area contributed by atoms with Gasteiger partial charge in [-0.15, -0.1) is 5.10 Å². The third-order valence-corrected chi connectivity index (χ3v) is 4.93. The molecule has 0 N–H and O–H groups in total. The second-order valence-electron chi connectivity index (χ2n) is 6.72. The maximum Gasteiger partial charge on any atom is 0.276 e. The largest absolute Gasteiger partial charge is 0.365 e. The lowest BCUT2D eigenvalue weighted by molar-refractivity contribution is -0.00199. The van der Waals surface area contributed by atoms with E-state index in [1.54, 1.807) is 21.7 Å². The monoisotopic (exact) mass is 380 g/mol. The molecule has 1 aliphatic rings. The summed E-state index contributed by atoms with van der Waals surface area (Å²) in [6, 6.07) is 16.1. The molecule has 2 heterocycles. The van der Waals surface area contributed by atoms with E-state index in [0.29, 0.717) is 31.0 Å². The number of carbonyl (C=O) groups is 1. The van der Waals surface area contributed by atoms with Crippen LogP contribution in [-0.4, -0.2) is 32.3 Å². The van der Waals surface area contributed by atoms with Crippen LogP contribution >= 0.6 is 0 Å². The number of hydrogen-bond acceptors (Lipinski definition) is 4. The van der Waals surface area contributed by atoms with Crippen LogP contribution in [-0.2, 0) is 24.4 Å². The Labute approximate surface area is 162 Å². The minimum Gasteiger partial charge on any atom is -0.365 e. The first-order chi connectivity index (χ1) is 13.7. The molecule has 1 aliphatic heterocycles. The second kappa shape index (κ2) is 7.90. The fraction of sp³-hybridized carbons (Fsp3) is 0.286. The summed E-state index contributed by atoms with van der Waals surface area (Å²) in [6.07, 6.45) is -0.246. The van der Waals surface area contributed by atoms with Gasteiger partial charge in [-0.05, 0) is 30.2 Å². The molecular formula is C21H21FN4O2. The summed E-state index contributed by atoms with van der Waals surface area (Å²) in [5, 5.41) is 8.29. The average Bonchev–Trinajstić information content (AvgIpc) is 3.16. The highest BCUT2D eigenvalue weighted by atomic mass is 19.1. The quantitative estimate of drug-likeness (QED) is 0.681. The number of halogens is 1. The first-order valence-electron chi connectivity index (χ1n) is 9.28. The number of amides is 1. The molecule has 0 bridgehead atoms. The lowest BCUT2D eigenvalue weighted by atomic mass is 10.1. The van der Waals surface area contributed by atoms with Gasteiger partial charge in [-0.2, -0.15) is 0 Å². The number of fused-ring (bicyclic) bond motifs is 1. The van der Waals surface area contributed by atoms with Gasteiger partial charge in [0.15, 0.2) is 5.69 Å². The van der Waals surface area contributed by atoms with Crippen molar-refractivity contribution in [2.24, 2.45) is 0 Å². The molecule has 0 spiro atoms. The molecule has 2 aromatic carbocycles. The molecule has 7 heteroatoms. The number of hydrogen-bond donors (Lipinski definition) is 0.